The molecule has 1 heterocycles. The number of anilines is 1. The lowest BCUT2D eigenvalue weighted by atomic mass is 9.93. The van der Waals surface area contributed by atoms with E-state index in [1.54, 1.807) is 32.2 Å². The highest BCUT2D eigenvalue weighted by Crippen LogP contribution is 2.12. The molecule has 0 aliphatic heterocycles. The third kappa shape index (κ3) is 4.24. The summed E-state index contributed by atoms with van der Waals surface area (Å²) in [5, 5.41) is 5.74. The van der Waals surface area contributed by atoms with Crippen LogP contribution in [-0.4, -0.2) is 29.9 Å². The van der Waals surface area contributed by atoms with E-state index in [9.17, 15) is 9.59 Å². The molecule has 6 heteroatoms. The number of carbonyl (C=O) groups is 2. The van der Waals surface area contributed by atoms with Crippen LogP contribution >= 0.6 is 0 Å². The average Bonchev–Trinajstić information content (AvgIpc) is 2.37. The van der Waals surface area contributed by atoms with Crippen molar-refractivity contribution in [1.29, 1.82) is 0 Å². The van der Waals surface area contributed by atoms with Crippen LogP contribution in [0, 0.1) is 5.41 Å². The van der Waals surface area contributed by atoms with Crippen molar-refractivity contribution in [2.45, 2.75) is 20.8 Å². The second-order valence-corrected chi connectivity index (χ2v) is 4.89. The summed E-state index contributed by atoms with van der Waals surface area (Å²) in [6, 6.07) is 3.41. The molecule has 1 aromatic heterocycles. The summed E-state index contributed by atoms with van der Waals surface area (Å²) in [7, 11) is 0. The molecule has 0 fully saturated rings. The quantitative estimate of drug-likeness (QED) is 0.706. The van der Waals surface area contributed by atoms with Gasteiger partial charge < -0.3 is 16.4 Å². The third-order valence-electron chi connectivity index (χ3n) is 2.73. The molecular formula is C13H20N4O2. The maximum Gasteiger partial charge on any atom is 0.269 e. The Hall–Kier alpha value is -2.11. The fraction of sp³-hybridized carbons (Fsp3) is 0.462. The zero-order valence-corrected chi connectivity index (χ0v) is 11.5. The summed E-state index contributed by atoms with van der Waals surface area (Å²) in [6.07, 6.45) is 1.59. The largest absolute Gasteiger partial charge is 0.384 e. The molecule has 1 rings (SSSR count). The SMILES string of the molecule is CCNc1ccc(C(=O)NCC(C)(C)C(N)=O)nc1. The van der Waals surface area contributed by atoms with Gasteiger partial charge in [-0.05, 0) is 32.9 Å². The Kier molecular flexibility index (Phi) is 4.86. The van der Waals surface area contributed by atoms with Crippen molar-refractivity contribution < 1.29 is 9.59 Å². The van der Waals surface area contributed by atoms with Gasteiger partial charge in [0.1, 0.15) is 5.69 Å². The van der Waals surface area contributed by atoms with Gasteiger partial charge in [-0.15, -0.1) is 0 Å². The fourth-order valence-corrected chi connectivity index (χ4v) is 1.32. The van der Waals surface area contributed by atoms with Gasteiger partial charge in [0.2, 0.25) is 5.91 Å². The molecule has 0 saturated carbocycles. The number of nitrogens with zero attached hydrogens (tertiary/aromatic N) is 1. The number of carbonyl (C=O) groups excluding carboxylic acids is 2. The lowest BCUT2D eigenvalue weighted by Crippen LogP contribution is -2.42. The van der Waals surface area contributed by atoms with Crippen molar-refractivity contribution in [3.05, 3.63) is 24.0 Å². The van der Waals surface area contributed by atoms with Gasteiger partial charge in [-0.25, -0.2) is 4.98 Å². The molecule has 4 N–H and O–H groups in total. The number of hydrogen-bond acceptors (Lipinski definition) is 4. The highest BCUT2D eigenvalue weighted by atomic mass is 16.2. The van der Waals surface area contributed by atoms with Crippen LogP contribution in [-0.2, 0) is 4.79 Å². The van der Waals surface area contributed by atoms with Gasteiger partial charge in [0.15, 0.2) is 0 Å². The van der Waals surface area contributed by atoms with E-state index in [2.05, 4.69) is 15.6 Å². The first-order chi connectivity index (χ1) is 8.86. The minimum Gasteiger partial charge on any atom is -0.384 e. The van der Waals surface area contributed by atoms with E-state index in [0.717, 1.165) is 12.2 Å². The zero-order valence-electron chi connectivity index (χ0n) is 11.5. The Morgan fingerprint density at radius 2 is 2.05 bits per heavy atom. The lowest BCUT2D eigenvalue weighted by Gasteiger charge is -2.20. The highest BCUT2D eigenvalue weighted by molar-refractivity contribution is 5.93. The first-order valence-corrected chi connectivity index (χ1v) is 6.15. The number of nitrogens with two attached hydrogens (primary N) is 1. The van der Waals surface area contributed by atoms with Crippen LogP contribution in [0.5, 0.6) is 0 Å². The first-order valence-electron chi connectivity index (χ1n) is 6.15. The van der Waals surface area contributed by atoms with E-state index < -0.39 is 11.3 Å². The molecule has 6 nitrogen and oxygen atoms in total. The third-order valence-corrected chi connectivity index (χ3v) is 2.73. The van der Waals surface area contributed by atoms with Crippen LogP contribution in [0.25, 0.3) is 0 Å². The maximum absolute atomic E-state index is 11.8. The number of primary amides is 1. The van der Waals surface area contributed by atoms with Gasteiger partial charge in [0.25, 0.3) is 5.91 Å². The number of amides is 2. The van der Waals surface area contributed by atoms with E-state index in [1.807, 2.05) is 6.92 Å². The van der Waals surface area contributed by atoms with Crippen molar-refractivity contribution in [2.75, 3.05) is 18.4 Å². The monoisotopic (exact) mass is 264 g/mol. The Bertz CT molecular complexity index is 454. The molecule has 2 amide bonds. The predicted molar refractivity (Wildman–Crippen MR) is 73.7 cm³/mol. The van der Waals surface area contributed by atoms with E-state index in [-0.39, 0.29) is 12.5 Å². The highest BCUT2D eigenvalue weighted by Gasteiger charge is 2.25. The Labute approximate surface area is 112 Å². The number of pyridine rings is 1. The number of hydrogen-bond donors (Lipinski definition) is 3. The average molecular weight is 264 g/mol. The summed E-state index contributed by atoms with van der Waals surface area (Å²) in [5.41, 5.74) is 5.62. The standard InChI is InChI=1S/C13H20N4O2/c1-4-15-9-5-6-10(16-7-9)11(18)17-8-13(2,3)12(14)19/h5-7,15H,4,8H2,1-3H3,(H2,14,19)(H,17,18). The van der Waals surface area contributed by atoms with Gasteiger partial charge in [0.05, 0.1) is 17.3 Å². The van der Waals surface area contributed by atoms with Gasteiger partial charge in [-0.1, -0.05) is 0 Å². The molecule has 0 aliphatic carbocycles. The molecule has 0 unspecified atom stereocenters. The van der Waals surface area contributed by atoms with Crippen molar-refractivity contribution in [3.63, 3.8) is 0 Å². The van der Waals surface area contributed by atoms with Crippen LogP contribution in [0.3, 0.4) is 0 Å². The Morgan fingerprint density at radius 3 is 2.53 bits per heavy atom. The van der Waals surface area contributed by atoms with Crippen molar-refractivity contribution in [3.8, 4) is 0 Å². The predicted octanol–water partition coefficient (Wildman–Crippen LogP) is 0.755. The van der Waals surface area contributed by atoms with Crippen LogP contribution < -0.4 is 16.4 Å². The van der Waals surface area contributed by atoms with E-state index in [4.69, 9.17) is 5.73 Å². The van der Waals surface area contributed by atoms with Gasteiger partial charge in [-0.2, -0.15) is 0 Å². The number of rotatable bonds is 6. The van der Waals surface area contributed by atoms with Gasteiger partial charge >= 0.3 is 0 Å². The summed E-state index contributed by atoms with van der Waals surface area (Å²) in [6.45, 7) is 6.30. The van der Waals surface area contributed by atoms with E-state index in [1.165, 1.54) is 0 Å². The number of aromatic nitrogens is 1. The molecule has 1 aromatic rings. The second kappa shape index (κ2) is 6.17. The van der Waals surface area contributed by atoms with Crippen LogP contribution in [0.1, 0.15) is 31.3 Å². The van der Waals surface area contributed by atoms with Crippen LogP contribution in [0.15, 0.2) is 18.3 Å². The molecule has 0 atom stereocenters. The van der Waals surface area contributed by atoms with Gasteiger partial charge in [0, 0.05) is 13.1 Å². The molecule has 0 saturated heterocycles. The smallest absolute Gasteiger partial charge is 0.269 e. The summed E-state index contributed by atoms with van der Waals surface area (Å²) < 4.78 is 0. The molecule has 0 aliphatic rings. The van der Waals surface area contributed by atoms with Crippen LogP contribution in [0.4, 0.5) is 5.69 Å². The van der Waals surface area contributed by atoms with Crippen molar-refractivity contribution in [1.82, 2.24) is 10.3 Å². The molecule has 0 radical (unpaired) electrons. The first kappa shape index (κ1) is 14.9. The Morgan fingerprint density at radius 1 is 1.37 bits per heavy atom. The normalized spacial score (nSPS) is 10.9. The minimum atomic E-state index is -0.778. The van der Waals surface area contributed by atoms with Gasteiger partial charge in [-0.3, -0.25) is 9.59 Å². The molecule has 19 heavy (non-hydrogen) atoms. The van der Waals surface area contributed by atoms with E-state index in [0.29, 0.717) is 5.69 Å². The van der Waals surface area contributed by atoms with Crippen molar-refractivity contribution in [2.24, 2.45) is 11.1 Å². The lowest BCUT2D eigenvalue weighted by molar-refractivity contribution is -0.125. The summed E-state index contributed by atoms with van der Waals surface area (Å²) in [4.78, 5) is 27.0. The molecule has 0 aromatic carbocycles. The molecule has 0 spiro atoms. The molecular weight excluding hydrogens is 244 g/mol. The topological polar surface area (TPSA) is 97.1 Å². The van der Waals surface area contributed by atoms with Crippen molar-refractivity contribution >= 4 is 17.5 Å². The van der Waals surface area contributed by atoms with E-state index >= 15 is 0 Å². The maximum atomic E-state index is 11.8. The summed E-state index contributed by atoms with van der Waals surface area (Å²) >= 11 is 0. The minimum absolute atomic E-state index is 0.178. The fourth-order valence-electron chi connectivity index (χ4n) is 1.32. The Balaban J connectivity index is 2.61. The molecule has 104 valence electrons. The molecule has 0 bridgehead atoms. The van der Waals surface area contributed by atoms with Crippen LogP contribution in [0.2, 0.25) is 0 Å². The zero-order chi connectivity index (χ0) is 14.5. The second-order valence-electron chi connectivity index (χ2n) is 4.89. The number of nitrogens with one attached hydrogen (secondary N) is 2. The summed E-state index contributed by atoms with van der Waals surface area (Å²) in [5.74, 6) is -0.777.